The Labute approximate surface area is 178 Å². The van der Waals surface area contributed by atoms with Crippen LogP contribution in [0.1, 0.15) is 67.7 Å². The number of unbranched alkanes of at least 4 members (excludes halogenated alkanes) is 1. The first-order valence-electron chi connectivity index (χ1n) is 10.7. The molecule has 2 heterocycles. The summed E-state index contributed by atoms with van der Waals surface area (Å²) in [6.07, 6.45) is 6.65. The van der Waals surface area contributed by atoms with Gasteiger partial charge in [-0.15, -0.1) is 0 Å². The molecule has 0 aliphatic rings. The Kier molecular flexibility index (Phi) is 7.33. The van der Waals surface area contributed by atoms with E-state index in [0.717, 1.165) is 54.9 Å². The standard InChI is InChI=1S/C24H30N4O2/c1-4-5-8-22-26-21(14-9-17(2)3)27-28(22)16-18-10-12-19(13-11-18)20-7-6-15-25-23(20)24(29)30/h6-7,10-13,15,17H,4-5,8-9,14,16H2,1-3H3,(H,29,30). The highest BCUT2D eigenvalue weighted by Gasteiger charge is 2.14. The van der Waals surface area contributed by atoms with Crippen molar-refractivity contribution in [3.8, 4) is 11.1 Å². The van der Waals surface area contributed by atoms with Crippen molar-refractivity contribution in [3.63, 3.8) is 0 Å². The van der Waals surface area contributed by atoms with E-state index >= 15 is 0 Å². The van der Waals surface area contributed by atoms with Gasteiger partial charge < -0.3 is 5.11 Å². The second-order valence-electron chi connectivity index (χ2n) is 8.04. The van der Waals surface area contributed by atoms with Gasteiger partial charge in [-0.25, -0.2) is 19.4 Å². The molecule has 0 unspecified atom stereocenters. The number of carboxylic acids is 1. The largest absolute Gasteiger partial charge is 0.476 e. The molecule has 0 saturated carbocycles. The van der Waals surface area contributed by atoms with Gasteiger partial charge in [0.25, 0.3) is 0 Å². The Morgan fingerprint density at radius 2 is 1.90 bits per heavy atom. The molecule has 0 saturated heterocycles. The van der Waals surface area contributed by atoms with E-state index in [9.17, 15) is 9.90 Å². The summed E-state index contributed by atoms with van der Waals surface area (Å²) in [6.45, 7) is 7.28. The Morgan fingerprint density at radius 1 is 1.13 bits per heavy atom. The molecule has 2 aromatic heterocycles. The molecule has 3 aromatic rings. The van der Waals surface area contributed by atoms with Gasteiger partial charge in [-0.3, -0.25) is 0 Å². The topological polar surface area (TPSA) is 80.9 Å². The summed E-state index contributed by atoms with van der Waals surface area (Å²) >= 11 is 0. The number of hydrogen-bond acceptors (Lipinski definition) is 4. The van der Waals surface area contributed by atoms with Gasteiger partial charge in [0.1, 0.15) is 5.82 Å². The first kappa shape index (κ1) is 21.7. The Bertz CT molecular complexity index is 977. The van der Waals surface area contributed by atoms with Crippen molar-refractivity contribution in [1.29, 1.82) is 0 Å². The summed E-state index contributed by atoms with van der Waals surface area (Å²) in [5.41, 5.74) is 2.64. The number of aromatic carboxylic acids is 1. The molecule has 6 nitrogen and oxygen atoms in total. The zero-order valence-electron chi connectivity index (χ0n) is 18.0. The first-order valence-corrected chi connectivity index (χ1v) is 10.7. The highest BCUT2D eigenvalue weighted by Crippen LogP contribution is 2.23. The zero-order valence-corrected chi connectivity index (χ0v) is 18.0. The first-order chi connectivity index (χ1) is 14.5. The highest BCUT2D eigenvalue weighted by molar-refractivity contribution is 5.93. The average Bonchev–Trinajstić information content (AvgIpc) is 3.12. The molecule has 6 heteroatoms. The number of nitrogens with zero attached hydrogens (tertiary/aromatic N) is 4. The number of hydrogen-bond donors (Lipinski definition) is 1. The van der Waals surface area contributed by atoms with Crippen molar-refractivity contribution in [3.05, 3.63) is 65.5 Å². The summed E-state index contributed by atoms with van der Waals surface area (Å²) in [6, 6.07) is 11.5. The van der Waals surface area contributed by atoms with E-state index in [1.165, 1.54) is 6.20 Å². The van der Waals surface area contributed by atoms with Crippen molar-refractivity contribution in [2.75, 3.05) is 0 Å². The molecule has 0 fully saturated rings. The van der Waals surface area contributed by atoms with E-state index < -0.39 is 5.97 Å². The minimum Gasteiger partial charge on any atom is -0.476 e. The number of rotatable bonds is 10. The number of benzene rings is 1. The van der Waals surface area contributed by atoms with Crippen molar-refractivity contribution in [1.82, 2.24) is 19.7 Å². The lowest BCUT2D eigenvalue weighted by molar-refractivity contribution is 0.0691. The average molecular weight is 407 g/mol. The maximum atomic E-state index is 11.4. The zero-order chi connectivity index (χ0) is 21.5. The fourth-order valence-electron chi connectivity index (χ4n) is 3.37. The normalized spacial score (nSPS) is 11.2. The van der Waals surface area contributed by atoms with Crippen LogP contribution in [-0.2, 0) is 19.4 Å². The van der Waals surface area contributed by atoms with Gasteiger partial charge in [0.2, 0.25) is 0 Å². The van der Waals surface area contributed by atoms with Crippen molar-refractivity contribution < 1.29 is 9.90 Å². The van der Waals surface area contributed by atoms with Crippen LogP contribution in [0.4, 0.5) is 0 Å². The Balaban J connectivity index is 1.80. The molecule has 0 amide bonds. The minimum absolute atomic E-state index is 0.0678. The number of aromatic nitrogens is 4. The number of carboxylic acid groups (broad SMARTS) is 1. The van der Waals surface area contributed by atoms with Crippen LogP contribution < -0.4 is 0 Å². The van der Waals surface area contributed by atoms with Gasteiger partial charge in [-0.1, -0.05) is 57.5 Å². The third kappa shape index (κ3) is 5.53. The molecule has 1 aromatic carbocycles. The lowest BCUT2D eigenvalue weighted by atomic mass is 10.0. The lowest BCUT2D eigenvalue weighted by Crippen LogP contribution is -2.07. The van der Waals surface area contributed by atoms with Gasteiger partial charge in [0.15, 0.2) is 11.5 Å². The fourth-order valence-corrected chi connectivity index (χ4v) is 3.37. The second-order valence-corrected chi connectivity index (χ2v) is 8.04. The van der Waals surface area contributed by atoms with E-state index in [0.29, 0.717) is 18.0 Å². The fraction of sp³-hybridized carbons (Fsp3) is 0.417. The van der Waals surface area contributed by atoms with Crippen LogP contribution in [0.2, 0.25) is 0 Å². The molecule has 30 heavy (non-hydrogen) atoms. The van der Waals surface area contributed by atoms with Crippen LogP contribution >= 0.6 is 0 Å². The van der Waals surface area contributed by atoms with E-state index in [2.05, 4.69) is 25.8 Å². The third-order valence-electron chi connectivity index (χ3n) is 5.10. The van der Waals surface area contributed by atoms with Crippen molar-refractivity contribution >= 4 is 5.97 Å². The SMILES string of the molecule is CCCCc1nc(CCC(C)C)nn1Cc1ccc(-c2cccnc2C(=O)O)cc1. The third-order valence-corrected chi connectivity index (χ3v) is 5.10. The van der Waals surface area contributed by atoms with Gasteiger partial charge in [-0.2, -0.15) is 5.10 Å². The van der Waals surface area contributed by atoms with E-state index in [1.54, 1.807) is 12.1 Å². The lowest BCUT2D eigenvalue weighted by Gasteiger charge is -2.08. The predicted octanol–water partition coefficient (Wildman–Crippen LogP) is 5.02. The molecule has 0 atom stereocenters. The van der Waals surface area contributed by atoms with Crippen LogP contribution in [0, 0.1) is 5.92 Å². The summed E-state index contributed by atoms with van der Waals surface area (Å²) < 4.78 is 2.02. The number of aryl methyl sites for hydroxylation is 2. The summed E-state index contributed by atoms with van der Waals surface area (Å²) in [7, 11) is 0. The highest BCUT2D eigenvalue weighted by atomic mass is 16.4. The Hall–Kier alpha value is -3.02. The molecule has 0 bridgehead atoms. The maximum absolute atomic E-state index is 11.4. The molecule has 158 valence electrons. The molecular formula is C24H30N4O2. The van der Waals surface area contributed by atoms with E-state index in [1.807, 2.05) is 28.9 Å². The van der Waals surface area contributed by atoms with Crippen LogP contribution in [-0.4, -0.2) is 30.8 Å². The Morgan fingerprint density at radius 3 is 2.57 bits per heavy atom. The molecule has 1 N–H and O–H groups in total. The van der Waals surface area contributed by atoms with Crippen LogP contribution in [0.25, 0.3) is 11.1 Å². The molecule has 0 aliphatic heterocycles. The number of pyridine rings is 1. The summed E-state index contributed by atoms with van der Waals surface area (Å²) in [5.74, 6) is 1.58. The van der Waals surface area contributed by atoms with Crippen LogP contribution in [0.3, 0.4) is 0 Å². The molecular weight excluding hydrogens is 376 g/mol. The van der Waals surface area contributed by atoms with E-state index in [-0.39, 0.29) is 5.69 Å². The predicted molar refractivity (Wildman–Crippen MR) is 118 cm³/mol. The van der Waals surface area contributed by atoms with Gasteiger partial charge in [0.05, 0.1) is 6.54 Å². The van der Waals surface area contributed by atoms with Crippen molar-refractivity contribution in [2.45, 2.75) is 59.4 Å². The monoisotopic (exact) mass is 406 g/mol. The summed E-state index contributed by atoms with van der Waals surface area (Å²) in [5, 5.41) is 14.1. The van der Waals surface area contributed by atoms with E-state index in [4.69, 9.17) is 10.1 Å². The van der Waals surface area contributed by atoms with Gasteiger partial charge in [-0.05, 0) is 36.0 Å². The molecule has 0 aliphatic carbocycles. The quantitative estimate of drug-likeness (QED) is 0.511. The minimum atomic E-state index is -1.02. The molecule has 0 radical (unpaired) electrons. The van der Waals surface area contributed by atoms with Gasteiger partial charge >= 0.3 is 5.97 Å². The van der Waals surface area contributed by atoms with Crippen LogP contribution in [0.5, 0.6) is 0 Å². The summed E-state index contributed by atoms with van der Waals surface area (Å²) in [4.78, 5) is 20.2. The molecule has 0 spiro atoms. The van der Waals surface area contributed by atoms with Crippen LogP contribution in [0.15, 0.2) is 42.6 Å². The van der Waals surface area contributed by atoms with Gasteiger partial charge in [0, 0.05) is 24.6 Å². The maximum Gasteiger partial charge on any atom is 0.355 e. The number of carbonyl (C=O) groups is 1. The smallest absolute Gasteiger partial charge is 0.355 e. The van der Waals surface area contributed by atoms with Crippen molar-refractivity contribution in [2.24, 2.45) is 5.92 Å². The molecule has 3 rings (SSSR count). The second kappa shape index (κ2) is 10.1.